The number of ether oxygens (including phenoxy) is 1. The Bertz CT molecular complexity index is 1010. The van der Waals surface area contributed by atoms with E-state index in [0.29, 0.717) is 17.8 Å². The molecule has 1 aromatic carbocycles. The number of rotatable bonds is 6. The Hall–Kier alpha value is -2.35. The molecule has 1 aromatic heterocycles. The molecule has 2 heterocycles. The molecule has 1 aliphatic heterocycles. The van der Waals surface area contributed by atoms with Crippen LogP contribution in [0.2, 0.25) is 0 Å². The van der Waals surface area contributed by atoms with Gasteiger partial charge in [-0.05, 0) is 30.5 Å². The van der Waals surface area contributed by atoms with E-state index in [1.54, 1.807) is 19.2 Å². The summed E-state index contributed by atoms with van der Waals surface area (Å²) in [5.41, 5.74) is 0.932. The Morgan fingerprint density at radius 3 is 2.78 bits per heavy atom. The van der Waals surface area contributed by atoms with Gasteiger partial charge in [0.2, 0.25) is 0 Å². The van der Waals surface area contributed by atoms with E-state index in [1.807, 2.05) is 13.0 Å². The maximum Gasteiger partial charge on any atom is 0.336 e. The van der Waals surface area contributed by atoms with E-state index < -0.39 is 15.5 Å². The van der Waals surface area contributed by atoms with Crippen molar-refractivity contribution >= 4 is 26.7 Å². The Balaban J connectivity index is 1.70. The molecule has 1 fully saturated rings. The van der Waals surface area contributed by atoms with Gasteiger partial charge in [-0.1, -0.05) is 13.3 Å². The maximum absolute atomic E-state index is 12.3. The summed E-state index contributed by atoms with van der Waals surface area (Å²) in [7, 11) is -1.46. The summed E-state index contributed by atoms with van der Waals surface area (Å²) in [5.74, 6) is 0.231. The van der Waals surface area contributed by atoms with Crippen molar-refractivity contribution in [3.05, 3.63) is 40.2 Å². The van der Waals surface area contributed by atoms with E-state index in [-0.39, 0.29) is 30.1 Å². The molecule has 0 bridgehead atoms. The smallest absolute Gasteiger partial charge is 0.336 e. The SMILES string of the molecule is CCCc1cc(=O)oc2cc(OCC(=O)N(C)C3CCS(=O)(=O)C3)ccc12. The predicted octanol–water partition coefficient (Wildman–Crippen LogP) is 1.77. The number of amides is 1. The zero-order valence-electron chi connectivity index (χ0n) is 15.4. The van der Waals surface area contributed by atoms with E-state index >= 15 is 0 Å². The van der Waals surface area contributed by atoms with E-state index in [9.17, 15) is 18.0 Å². The van der Waals surface area contributed by atoms with Crippen molar-refractivity contribution < 1.29 is 22.4 Å². The first-order valence-electron chi connectivity index (χ1n) is 8.95. The summed E-state index contributed by atoms with van der Waals surface area (Å²) in [6.07, 6.45) is 2.14. The second kappa shape index (κ2) is 7.72. The van der Waals surface area contributed by atoms with Gasteiger partial charge >= 0.3 is 5.63 Å². The molecule has 0 radical (unpaired) electrons. The Morgan fingerprint density at radius 1 is 1.33 bits per heavy atom. The standard InChI is InChI=1S/C19H23NO6S/c1-3-4-13-9-19(22)26-17-10-15(5-6-16(13)17)25-11-18(21)20(2)14-7-8-27(23,24)12-14/h5-6,9-10,14H,3-4,7-8,11-12H2,1-2H3. The summed E-state index contributed by atoms with van der Waals surface area (Å²) in [4.78, 5) is 25.5. The number of hydrogen-bond acceptors (Lipinski definition) is 6. The first-order chi connectivity index (χ1) is 12.8. The molecule has 0 saturated carbocycles. The second-order valence-corrected chi connectivity index (χ2v) is 9.08. The van der Waals surface area contributed by atoms with Gasteiger partial charge < -0.3 is 14.1 Å². The molecule has 1 unspecified atom stereocenters. The molecule has 1 atom stereocenters. The summed E-state index contributed by atoms with van der Waals surface area (Å²) in [6.45, 7) is 1.83. The molecule has 1 amide bonds. The summed E-state index contributed by atoms with van der Waals surface area (Å²) < 4.78 is 33.9. The second-order valence-electron chi connectivity index (χ2n) is 6.85. The van der Waals surface area contributed by atoms with Crippen LogP contribution in [0.15, 0.2) is 33.5 Å². The number of carbonyl (C=O) groups is 1. The fourth-order valence-corrected chi connectivity index (χ4v) is 5.08. The van der Waals surface area contributed by atoms with Crippen LogP contribution in [0.3, 0.4) is 0 Å². The first-order valence-corrected chi connectivity index (χ1v) is 10.8. The minimum Gasteiger partial charge on any atom is -0.484 e. The van der Waals surface area contributed by atoms with Gasteiger partial charge in [-0.2, -0.15) is 0 Å². The summed E-state index contributed by atoms with van der Waals surface area (Å²) >= 11 is 0. The molecule has 8 heteroatoms. The van der Waals surface area contributed by atoms with Crippen LogP contribution in [0.5, 0.6) is 5.75 Å². The molecule has 146 valence electrons. The van der Waals surface area contributed by atoms with Gasteiger partial charge in [-0.15, -0.1) is 0 Å². The predicted molar refractivity (Wildman–Crippen MR) is 102 cm³/mol. The van der Waals surface area contributed by atoms with Crippen molar-refractivity contribution in [3.63, 3.8) is 0 Å². The van der Waals surface area contributed by atoms with Gasteiger partial charge in [-0.3, -0.25) is 4.79 Å². The first kappa shape index (κ1) is 19.4. The van der Waals surface area contributed by atoms with Crippen molar-refractivity contribution in [2.75, 3.05) is 25.2 Å². The molecule has 1 aliphatic rings. The van der Waals surface area contributed by atoms with Crippen LogP contribution in [-0.4, -0.2) is 50.4 Å². The Morgan fingerprint density at radius 2 is 2.11 bits per heavy atom. The number of sulfone groups is 1. The van der Waals surface area contributed by atoms with Gasteiger partial charge in [0, 0.05) is 30.6 Å². The number of carbonyl (C=O) groups excluding carboxylic acids is 1. The van der Waals surface area contributed by atoms with Crippen LogP contribution in [0.4, 0.5) is 0 Å². The zero-order valence-corrected chi connectivity index (χ0v) is 16.3. The van der Waals surface area contributed by atoms with E-state index in [2.05, 4.69) is 0 Å². The van der Waals surface area contributed by atoms with Gasteiger partial charge in [0.05, 0.1) is 11.5 Å². The highest BCUT2D eigenvalue weighted by atomic mass is 32.2. The van der Waals surface area contributed by atoms with Crippen LogP contribution >= 0.6 is 0 Å². The molecule has 3 rings (SSSR count). The minimum absolute atomic E-state index is 0.00340. The van der Waals surface area contributed by atoms with Crippen molar-refractivity contribution in [1.29, 1.82) is 0 Å². The lowest BCUT2D eigenvalue weighted by Crippen LogP contribution is -2.40. The average molecular weight is 393 g/mol. The number of likely N-dealkylation sites (N-methyl/N-ethyl adjacent to an activating group) is 1. The van der Waals surface area contributed by atoms with Gasteiger partial charge in [-0.25, -0.2) is 13.2 Å². The number of nitrogens with zero attached hydrogens (tertiary/aromatic N) is 1. The van der Waals surface area contributed by atoms with Crippen LogP contribution in [0, 0.1) is 0 Å². The molecular formula is C19H23NO6S. The average Bonchev–Trinajstić information content (AvgIpc) is 2.98. The molecule has 0 spiro atoms. The lowest BCUT2D eigenvalue weighted by atomic mass is 10.1. The van der Waals surface area contributed by atoms with Gasteiger partial charge in [0.15, 0.2) is 16.4 Å². The van der Waals surface area contributed by atoms with Crippen molar-refractivity contribution in [1.82, 2.24) is 4.90 Å². The number of aryl methyl sites for hydroxylation is 1. The third-order valence-electron chi connectivity index (χ3n) is 4.83. The normalized spacial score (nSPS) is 18.5. The highest BCUT2D eigenvalue weighted by Gasteiger charge is 2.32. The van der Waals surface area contributed by atoms with E-state index in [4.69, 9.17) is 9.15 Å². The van der Waals surface area contributed by atoms with E-state index in [1.165, 1.54) is 11.0 Å². The number of benzene rings is 1. The lowest BCUT2D eigenvalue weighted by molar-refractivity contribution is -0.133. The fourth-order valence-electron chi connectivity index (χ4n) is 3.31. The monoisotopic (exact) mass is 393 g/mol. The van der Waals surface area contributed by atoms with Crippen molar-refractivity contribution in [2.45, 2.75) is 32.2 Å². The van der Waals surface area contributed by atoms with Crippen molar-refractivity contribution in [2.24, 2.45) is 0 Å². The lowest BCUT2D eigenvalue weighted by Gasteiger charge is -2.23. The van der Waals surface area contributed by atoms with Crippen LogP contribution in [0.1, 0.15) is 25.3 Å². The molecule has 27 heavy (non-hydrogen) atoms. The van der Waals surface area contributed by atoms with Crippen LogP contribution in [-0.2, 0) is 21.1 Å². The highest BCUT2D eigenvalue weighted by Crippen LogP contribution is 2.24. The van der Waals surface area contributed by atoms with E-state index in [0.717, 1.165) is 23.8 Å². The molecule has 0 aliphatic carbocycles. The third-order valence-corrected chi connectivity index (χ3v) is 6.58. The molecule has 7 nitrogen and oxygen atoms in total. The third kappa shape index (κ3) is 4.50. The van der Waals surface area contributed by atoms with Crippen LogP contribution < -0.4 is 10.4 Å². The van der Waals surface area contributed by atoms with Gasteiger partial charge in [0.25, 0.3) is 5.91 Å². The van der Waals surface area contributed by atoms with Gasteiger partial charge in [0.1, 0.15) is 11.3 Å². The molecule has 2 aromatic rings. The minimum atomic E-state index is -3.06. The zero-order chi connectivity index (χ0) is 19.6. The molecule has 0 N–H and O–H groups in total. The quantitative estimate of drug-likeness (QED) is 0.695. The summed E-state index contributed by atoms with van der Waals surface area (Å²) in [6, 6.07) is 6.34. The Kier molecular flexibility index (Phi) is 5.55. The molecule has 1 saturated heterocycles. The summed E-state index contributed by atoms with van der Waals surface area (Å²) in [5, 5.41) is 0.850. The molecular weight excluding hydrogens is 370 g/mol. The fraction of sp³-hybridized carbons (Fsp3) is 0.474. The Labute approximate surface area is 157 Å². The van der Waals surface area contributed by atoms with Crippen LogP contribution in [0.25, 0.3) is 11.0 Å². The topological polar surface area (TPSA) is 93.9 Å². The maximum atomic E-state index is 12.3. The number of fused-ring (bicyclic) bond motifs is 1. The van der Waals surface area contributed by atoms with Crippen molar-refractivity contribution in [3.8, 4) is 5.75 Å². The largest absolute Gasteiger partial charge is 0.484 e. The number of hydrogen-bond donors (Lipinski definition) is 0. The highest BCUT2D eigenvalue weighted by molar-refractivity contribution is 7.91.